The van der Waals surface area contributed by atoms with E-state index < -0.39 is 0 Å². The third-order valence-corrected chi connectivity index (χ3v) is 4.37. The molecule has 6 heteroatoms. The van der Waals surface area contributed by atoms with Gasteiger partial charge in [-0.05, 0) is 30.2 Å². The van der Waals surface area contributed by atoms with Gasteiger partial charge in [0, 0.05) is 36.4 Å². The minimum atomic E-state index is -0.259. The van der Waals surface area contributed by atoms with E-state index in [-0.39, 0.29) is 11.7 Å². The Balaban J connectivity index is 1.91. The van der Waals surface area contributed by atoms with Crippen molar-refractivity contribution in [3.63, 3.8) is 0 Å². The molecule has 2 heterocycles. The molecule has 104 valence electrons. The molecule has 2 aromatic rings. The predicted octanol–water partition coefficient (Wildman–Crippen LogP) is 2.52. The molecule has 0 saturated heterocycles. The van der Waals surface area contributed by atoms with Crippen LogP contribution in [0.4, 0.5) is 4.39 Å². The molecule has 20 heavy (non-hydrogen) atoms. The highest BCUT2D eigenvalue weighted by Gasteiger charge is 2.26. The smallest absolute Gasteiger partial charge is 0.272 e. The molecular weight excluding hydrogens is 325 g/mol. The van der Waals surface area contributed by atoms with Crippen molar-refractivity contribution in [2.45, 2.75) is 13.0 Å². The number of aryl methyl sites for hydroxylation is 1. The summed E-state index contributed by atoms with van der Waals surface area (Å²) < 4.78 is 16.4. The fourth-order valence-corrected chi connectivity index (χ4v) is 3.08. The first-order valence-electron chi connectivity index (χ1n) is 6.31. The van der Waals surface area contributed by atoms with E-state index >= 15 is 0 Å². The van der Waals surface area contributed by atoms with Crippen LogP contribution in [-0.4, -0.2) is 27.1 Å². The Morgan fingerprint density at radius 2 is 2.15 bits per heavy atom. The van der Waals surface area contributed by atoms with Crippen LogP contribution in [0.2, 0.25) is 0 Å². The van der Waals surface area contributed by atoms with E-state index in [1.807, 2.05) is 0 Å². The molecule has 0 radical (unpaired) electrons. The quantitative estimate of drug-likeness (QED) is 0.801. The Morgan fingerprint density at radius 3 is 2.85 bits per heavy atom. The average molecular weight is 338 g/mol. The number of rotatable bonds is 1. The Kier molecular flexibility index (Phi) is 3.33. The lowest BCUT2D eigenvalue weighted by molar-refractivity contribution is 0.0721. The molecule has 0 saturated carbocycles. The van der Waals surface area contributed by atoms with Crippen molar-refractivity contribution in [2.75, 3.05) is 6.54 Å². The van der Waals surface area contributed by atoms with E-state index in [1.54, 1.807) is 30.3 Å². The second-order valence-corrected chi connectivity index (χ2v) is 5.66. The number of carbonyl (C=O) groups is 1. The largest absolute Gasteiger partial charge is 0.333 e. The van der Waals surface area contributed by atoms with Crippen LogP contribution in [0.15, 0.2) is 28.9 Å². The number of benzene rings is 1. The van der Waals surface area contributed by atoms with E-state index in [2.05, 4.69) is 21.0 Å². The molecule has 1 aliphatic heterocycles. The fraction of sp³-hybridized carbons (Fsp3) is 0.286. The third kappa shape index (κ3) is 2.14. The number of nitrogens with zero attached hydrogens (tertiary/aromatic N) is 3. The summed E-state index contributed by atoms with van der Waals surface area (Å²) in [6, 6.07) is 4.82. The molecular formula is C14H13BrFN3O. The molecule has 4 nitrogen and oxygen atoms in total. The number of halogens is 2. The maximum atomic E-state index is 13.9. The maximum absolute atomic E-state index is 13.9. The molecule has 0 bridgehead atoms. The number of aromatic nitrogens is 2. The molecule has 1 aliphatic rings. The van der Waals surface area contributed by atoms with Gasteiger partial charge in [0.25, 0.3) is 5.91 Å². The first-order chi connectivity index (χ1) is 9.58. The fourth-order valence-electron chi connectivity index (χ4n) is 2.51. The van der Waals surface area contributed by atoms with Crippen molar-refractivity contribution in [1.29, 1.82) is 0 Å². The van der Waals surface area contributed by atoms with E-state index in [9.17, 15) is 9.18 Å². The van der Waals surface area contributed by atoms with Gasteiger partial charge in [0.05, 0.1) is 0 Å². The van der Waals surface area contributed by atoms with Crippen molar-refractivity contribution in [1.82, 2.24) is 14.7 Å². The molecule has 1 aromatic heterocycles. The summed E-state index contributed by atoms with van der Waals surface area (Å²) in [5.41, 5.74) is 2.07. The van der Waals surface area contributed by atoms with E-state index in [1.165, 1.54) is 10.7 Å². The summed E-state index contributed by atoms with van der Waals surface area (Å²) in [7, 11) is 1.72. The molecule has 0 atom stereocenters. The maximum Gasteiger partial charge on any atom is 0.272 e. The highest BCUT2D eigenvalue weighted by Crippen LogP contribution is 2.29. The van der Waals surface area contributed by atoms with Gasteiger partial charge in [-0.2, -0.15) is 5.10 Å². The van der Waals surface area contributed by atoms with Crippen molar-refractivity contribution in [3.05, 3.63) is 51.5 Å². The van der Waals surface area contributed by atoms with Crippen molar-refractivity contribution in [3.8, 4) is 0 Å². The molecule has 3 rings (SSSR count). The van der Waals surface area contributed by atoms with Gasteiger partial charge in [-0.25, -0.2) is 4.39 Å². The lowest BCUT2D eigenvalue weighted by atomic mass is 9.99. The molecule has 0 aliphatic carbocycles. The minimum absolute atomic E-state index is 0.116. The molecule has 1 aromatic carbocycles. The number of hydrogen-bond donors (Lipinski definition) is 0. The Bertz CT molecular complexity index is 683. The van der Waals surface area contributed by atoms with Crippen LogP contribution in [0.5, 0.6) is 0 Å². The first kappa shape index (κ1) is 13.3. The first-order valence-corrected chi connectivity index (χ1v) is 7.10. The summed E-state index contributed by atoms with van der Waals surface area (Å²) in [5, 5.41) is 4.00. The normalized spacial score (nSPS) is 14.2. The Morgan fingerprint density at radius 1 is 1.35 bits per heavy atom. The highest BCUT2D eigenvalue weighted by atomic mass is 79.9. The van der Waals surface area contributed by atoms with Crippen LogP contribution in [-0.2, 0) is 20.0 Å². The Hall–Kier alpha value is -1.69. The van der Waals surface area contributed by atoms with Crippen LogP contribution in [0.25, 0.3) is 0 Å². The van der Waals surface area contributed by atoms with Gasteiger partial charge in [-0.3, -0.25) is 9.48 Å². The second kappa shape index (κ2) is 5.01. The van der Waals surface area contributed by atoms with Crippen LogP contribution in [0.3, 0.4) is 0 Å². The molecule has 0 spiro atoms. The van der Waals surface area contributed by atoms with Gasteiger partial charge in [-0.15, -0.1) is 0 Å². The lowest BCUT2D eigenvalue weighted by Crippen LogP contribution is -2.37. The van der Waals surface area contributed by atoms with Gasteiger partial charge in [0.15, 0.2) is 0 Å². The van der Waals surface area contributed by atoms with E-state index in [0.29, 0.717) is 30.8 Å². The number of amides is 1. The van der Waals surface area contributed by atoms with Crippen LogP contribution in [0, 0.1) is 5.82 Å². The van der Waals surface area contributed by atoms with Crippen LogP contribution >= 0.6 is 15.9 Å². The number of hydrogen-bond acceptors (Lipinski definition) is 2. The van der Waals surface area contributed by atoms with Gasteiger partial charge in [0.2, 0.25) is 0 Å². The van der Waals surface area contributed by atoms with Gasteiger partial charge in [0.1, 0.15) is 11.5 Å². The average Bonchev–Trinajstić information content (AvgIpc) is 2.88. The molecule has 0 fully saturated rings. The lowest BCUT2D eigenvalue weighted by Gasteiger charge is -2.29. The second-order valence-electron chi connectivity index (χ2n) is 4.80. The molecule has 1 amide bonds. The monoisotopic (exact) mass is 337 g/mol. The van der Waals surface area contributed by atoms with Crippen molar-refractivity contribution >= 4 is 21.8 Å². The topological polar surface area (TPSA) is 38.1 Å². The summed E-state index contributed by atoms with van der Waals surface area (Å²) in [4.78, 5) is 14.1. The van der Waals surface area contributed by atoms with Gasteiger partial charge >= 0.3 is 0 Å². The van der Waals surface area contributed by atoms with Crippen molar-refractivity contribution < 1.29 is 9.18 Å². The van der Waals surface area contributed by atoms with Gasteiger partial charge < -0.3 is 4.90 Å². The number of carbonyl (C=O) groups excluding carboxylic acids is 1. The molecule has 0 unspecified atom stereocenters. The Labute approximate surface area is 124 Å². The summed E-state index contributed by atoms with van der Waals surface area (Å²) in [6.45, 7) is 0.879. The zero-order chi connectivity index (χ0) is 14.3. The third-order valence-electron chi connectivity index (χ3n) is 3.62. The summed E-state index contributed by atoms with van der Waals surface area (Å²) in [5.74, 6) is -0.374. The summed E-state index contributed by atoms with van der Waals surface area (Å²) in [6.07, 6.45) is 2.24. The highest BCUT2D eigenvalue weighted by molar-refractivity contribution is 9.10. The number of fused-ring (bicyclic) bond motifs is 1. The van der Waals surface area contributed by atoms with Gasteiger partial charge in [-0.1, -0.05) is 15.9 Å². The molecule has 0 N–H and O–H groups in total. The van der Waals surface area contributed by atoms with Crippen molar-refractivity contribution in [2.24, 2.45) is 7.05 Å². The van der Waals surface area contributed by atoms with Crippen LogP contribution in [0.1, 0.15) is 21.6 Å². The zero-order valence-electron chi connectivity index (χ0n) is 10.9. The zero-order valence-corrected chi connectivity index (χ0v) is 12.5. The van der Waals surface area contributed by atoms with E-state index in [4.69, 9.17) is 0 Å². The van der Waals surface area contributed by atoms with E-state index in [0.717, 1.165) is 10.0 Å². The van der Waals surface area contributed by atoms with Crippen LogP contribution < -0.4 is 0 Å². The predicted molar refractivity (Wildman–Crippen MR) is 75.8 cm³/mol. The standard InChI is InChI=1S/C14H13BrFN3O/c1-18-13(4-6-17-18)14(20)19-7-5-9-10(8-19)12(16)3-2-11(9)15/h2-4,6H,5,7-8H2,1H3. The summed E-state index contributed by atoms with van der Waals surface area (Å²) >= 11 is 3.44. The SMILES string of the molecule is Cn1nccc1C(=O)N1CCc2c(Br)ccc(F)c2C1. The minimum Gasteiger partial charge on any atom is -0.333 e.